The molecule has 0 bridgehead atoms. The van der Waals surface area contributed by atoms with E-state index in [9.17, 15) is 14.7 Å². The average molecular weight is 421 g/mol. The topological polar surface area (TPSA) is 60.9 Å². The van der Waals surface area contributed by atoms with Gasteiger partial charge in [0.1, 0.15) is 0 Å². The van der Waals surface area contributed by atoms with Crippen LogP contribution in [0.25, 0.3) is 0 Å². The predicted molar refractivity (Wildman–Crippen MR) is 122 cm³/mol. The first-order valence-corrected chi connectivity index (χ1v) is 11.3. The lowest BCUT2D eigenvalue weighted by Crippen LogP contribution is -2.49. The molecule has 4 rings (SSSR count). The van der Waals surface area contributed by atoms with Gasteiger partial charge in [-0.15, -0.1) is 0 Å². The fourth-order valence-corrected chi connectivity index (χ4v) is 4.76. The zero-order chi connectivity index (χ0) is 22.2. The summed E-state index contributed by atoms with van der Waals surface area (Å²) in [5, 5.41) is 11.5. The van der Waals surface area contributed by atoms with Crippen LogP contribution in [0.15, 0.2) is 48.5 Å². The van der Waals surface area contributed by atoms with Crippen LogP contribution in [0.4, 0.5) is 5.69 Å². The van der Waals surface area contributed by atoms with Crippen molar-refractivity contribution in [2.24, 2.45) is 0 Å². The van der Waals surface area contributed by atoms with E-state index in [4.69, 9.17) is 0 Å². The third kappa shape index (κ3) is 4.04. The Balaban J connectivity index is 1.59. The summed E-state index contributed by atoms with van der Waals surface area (Å²) in [5.74, 6) is -0.255. The Morgan fingerprint density at radius 3 is 2.52 bits per heavy atom. The number of piperidine rings is 1. The summed E-state index contributed by atoms with van der Waals surface area (Å²) in [6.07, 6.45) is 3.17. The van der Waals surface area contributed by atoms with E-state index in [1.54, 1.807) is 23.1 Å². The first-order valence-electron chi connectivity index (χ1n) is 11.3. The minimum atomic E-state index is -1.83. The highest BCUT2D eigenvalue weighted by molar-refractivity contribution is 6.10. The lowest BCUT2D eigenvalue weighted by Gasteiger charge is -2.36. The van der Waals surface area contributed by atoms with E-state index in [1.165, 1.54) is 6.42 Å². The third-order valence-corrected chi connectivity index (χ3v) is 6.82. The Hall–Kier alpha value is -2.50. The number of nitrogens with zero attached hydrogens (tertiary/aromatic N) is 2. The van der Waals surface area contributed by atoms with Gasteiger partial charge < -0.3 is 5.11 Å². The van der Waals surface area contributed by atoms with Crippen molar-refractivity contribution >= 4 is 17.4 Å². The van der Waals surface area contributed by atoms with Crippen LogP contribution in [-0.2, 0) is 10.4 Å². The molecule has 2 heterocycles. The molecule has 5 heteroatoms. The molecule has 0 aliphatic carbocycles. The summed E-state index contributed by atoms with van der Waals surface area (Å²) in [6.45, 7) is 7.77. The number of ketones is 1. The fraction of sp³-hybridized carbons (Fsp3) is 0.462. The number of Topliss-reactive ketones (excluding diaryl/α,β-unsaturated/α-hetero) is 1. The van der Waals surface area contributed by atoms with Crippen LogP contribution in [0.1, 0.15) is 73.9 Å². The molecule has 1 fully saturated rings. The second-order valence-electron chi connectivity index (χ2n) is 9.29. The Morgan fingerprint density at radius 2 is 1.84 bits per heavy atom. The van der Waals surface area contributed by atoms with Crippen LogP contribution in [-0.4, -0.2) is 41.0 Å². The number of likely N-dealkylation sites (tertiary alicyclic amines) is 1. The summed E-state index contributed by atoms with van der Waals surface area (Å²) in [6, 6.07) is 15.2. The summed E-state index contributed by atoms with van der Waals surface area (Å²) in [7, 11) is 0. The number of carbonyl (C=O) groups excluding carboxylic acids is 2. The number of para-hydroxylation sites is 1. The molecule has 2 atom stereocenters. The molecule has 1 amide bonds. The van der Waals surface area contributed by atoms with Crippen LogP contribution < -0.4 is 4.90 Å². The molecule has 2 aromatic carbocycles. The molecule has 5 nitrogen and oxygen atoms in total. The molecule has 0 aromatic heterocycles. The fourth-order valence-electron chi connectivity index (χ4n) is 4.76. The van der Waals surface area contributed by atoms with E-state index in [1.807, 2.05) is 30.3 Å². The van der Waals surface area contributed by atoms with Crippen molar-refractivity contribution in [3.05, 3.63) is 65.2 Å². The van der Waals surface area contributed by atoms with Gasteiger partial charge in [0.05, 0.1) is 18.8 Å². The molecule has 1 saturated heterocycles. The minimum absolute atomic E-state index is 0.228. The number of anilines is 1. The summed E-state index contributed by atoms with van der Waals surface area (Å²) in [4.78, 5) is 30.5. The summed E-state index contributed by atoms with van der Waals surface area (Å²) >= 11 is 0. The zero-order valence-corrected chi connectivity index (χ0v) is 18.7. The number of hydrogen-bond donors (Lipinski definition) is 1. The molecule has 0 spiro atoms. The van der Waals surface area contributed by atoms with Gasteiger partial charge in [-0.2, -0.15) is 0 Å². The molecule has 164 valence electrons. The van der Waals surface area contributed by atoms with E-state index in [2.05, 4.69) is 25.7 Å². The molecule has 0 saturated carbocycles. The highest BCUT2D eigenvalue weighted by atomic mass is 16.3. The maximum atomic E-state index is 13.5. The third-order valence-electron chi connectivity index (χ3n) is 6.82. The van der Waals surface area contributed by atoms with Gasteiger partial charge in [-0.1, -0.05) is 62.7 Å². The van der Waals surface area contributed by atoms with Gasteiger partial charge in [0, 0.05) is 23.7 Å². The minimum Gasteiger partial charge on any atom is -0.375 e. The number of aliphatic hydroxyl groups is 1. The maximum absolute atomic E-state index is 13.5. The second kappa shape index (κ2) is 8.56. The lowest BCUT2D eigenvalue weighted by atomic mass is 9.87. The highest BCUT2D eigenvalue weighted by Gasteiger charge is 2.51. The second-order valence-corrected chi connectivity index (χ2v) is 9.29. The standard InChI is InChI=1S/C26H32N2O3/c1-18(2)20-11-13-21(14-12-20)24(29)16-26(31)22-9-4-5-10-23(22)28(25(26)30)17-27-15-7-6-8-19(27)3/h4-5,9-14,18-19,31H,6-8,15-17H2,1-3H3. The lowest BCUT2D eigenvalue weighted by molar-refractivity contribution is -0.136. The molecule has 1 N–H and O–H groups in total. The smallest absolute Gasteiger partial charge is 0.265 e. The van der Waals surface area contributed by atoms with Crippen LogP contribution in [0.5, 0.6) is 0 Å². The Bertz CT molecular complexity index is 969. The number of fused-ring (bicyclic) bond motifs is 1. The van der Waals surface area contributed by atoms with Gasteiger partial charge in [0.2, 0.25) is 0 Å². The van der Waals surface area contributed by atoms with Gasteiger partial charge in [-0.05, 0) is 37.3 Å². The van der Waals surface area contributed by atoms with Gasteiger partial charge in [0.25, 0.3) is 5.91 Å². The largest absolute Gasteiger partial charge is 0.375 e. The van der Waals surface area contributed by atoms with Gasteiger partial charge in [-0.25, -0.2) is 0 Å². The maximum Gasteiger partial charge on any atom is 0.265 e. The van der Waals surface area contributed by atoms with Crippen molar-refractivity contribution in [3.63, 3.8) is 0 Å². The van der Waals surface area contributed by atoms with Crippen molar-refractivity contribution in [1.29, 1.82) is 0 Å². The van der Waals surface area contributed by atoms with Crippen molar-refractivity contribution in [1.82, 2.24) is 4.90 Å². The van der Waals surface area contributed by atoms with Crippen molar-refractivity contribution in [2.45, 2.75) is 64.0 Å². The average Bonchev–Trinajstić information content (AvgIpc) is 2.97. The van der Waals surface area contributed by atoms with Crippen LogP contribution in [0, 0.1) is 0 Å². The monoisotopic (exact) mass is 420 g/mol. The van der Waals surface area contributed by atoms with E-state index in [0.717, 1.165) is 24.9 Å². The van der Waals surface area contributed by atoms with Crippen LogP contribution >= 0.6 is 0 Å². The quantitative estimate of drug-likeness (QED) is 0.702. The van der Waals surface area contributed by atoms with Gasteiger partial charge in [0.15, 0.2) is 11.4 Å². The zero-order valence-electron chi connectivity index (χ0n) is 18.7. The molecule has 2 aliphatic rings. The number of carbonyl (C=O) groups is 2. The molecule has 31 heavy (non-hydrogen) atoms. The van der Waals surface area contributed by atoms with Crippen molar-refractivity contribution in [2.75, 3.05) is 18.1 Å². The summed E-state index contributed by atoms with van der Waals surface area (Å²) < 4.78 is 0. The van der Waals surface area contributed by atoms with Crippen molar-refractivity contribution < 1.29 is 14.7 Å². The molecular formula is C26H32N2O3. The van der Waals surface area contributed by atoms with E-state index in [-0.39, 0.29) is 12.2 Å². The van der Waals surface area contributed by atoms with E-state index >= 15 is 0 Å². The molecule has 0 radical (unpaired) electrons. The number of benzene rings is 2. The number of hydrogen-bond acceptors (Lipinski definition) is 4. The Labute approximate surface area is 184 Å². The first kappa shape index (κ1) is 21.7. The Morgan fingerprint density at radius 1 is 1.13 bits per heavy atom. The number of rotatable bonds is 6. The molecule has 2 aromatic rings. The summed E-state index contributed by atoms with van der Waals surface area (Å²) in [5.41, 5.74) is 1.07. The van der Waals surface area contributed by atoms with Crippen LogP contribution in [0.3, 0.4) is 0 Å². The molecule has 2 unspecified atom stereocenters. The van der Waals surface area contributed by atoms with E-state index in [0.29, 0.717) is 35.4 Å². The van der Waals surface area contributed by atoms with Crippen LogP contribution in [0.2, 0.25) is 0 Å². The number of amides is 1. The van der Waals surface area contributed by atoms with Gasteiger partial charge in [-0.3, -0.25) is 19.4 Å². The SMILES string of the molecule is CC(C)c1ccc(C(=O)CC2(O)C(=O)N(CN3CCCCC3C)c3ccccc32)cc1. The first-order chi connectivity index (χ1) is 14.8. The van der Waals surface area contributed by atoms with Gasteiger partial charge >= 0.3 is 0 Å². The van der Waals surface area contributed by atoms with Crippen molar-refractivity contribution in [3.8, 4) is 0 Å². The van der Waals surface area contributed by atoms with E-state index < -0.39 is 11.5 Å². The Kier molecular flexibility index (Phi) is 6.00. The predicted octanol–water partition coefficient (Wildman–Crippen LogP) is 4.45. The highest BCUT2D eigenvalue weighted by Crippen LogP contribution is 2.43. The normalized spacial score (nSPS) is 24.0. The molecular weight excluding hydrogens is 388 g/mol. The molecule has 2 aliphatic heterocycles.